The summed E-state index contributed by atoms with van der Waals surface area (Å²) in [5.41, 5.74) is 1.99. The molecule has 0 radical (unpaired) electrons. The third-order valence-corrected chi connectivity index (χ3v) is 5.33. The Kier molecular flexibility index (Phi) is 5.41. The van der Waals surface area contributed by atoms with Crippen LogP contribution in [0, 0.1) is 11.3 Å². The predicted molar refractivity (Wildman–Crippen MR) is 110 cm³/mol. The van der Waals surface area contributed by atoms with Gasteiger partial charge in [-0.05, 0) is 37.1 Å². The van der Waals surface area contributed by atoms with Crippen molar-refractivity contribution in [3.05, 3.63) is 54.4 Å². The van der Waals surface area contributed by atoms with Gasteiger partial charge in [0.25, 0.3) is 5.91 Å². The van der Waals surface area contributed by atoms with E-state index in [2.05, 4.69) is 9.97 Å². The summed E-state index contributed by atoms with van der Waals surface area (Å²) >= 11 is 0. The zero-order valence-corrected chi connectivity index (χ0v) is 16.3. The van der Waals surface area contributed by atoms with Crippen molar-refractivity contribution in [3.63, 3.8) is 0 Å². The Labute approximate surface area is 173 Å². The van der Waals surface area contributed by atoms with Crippen LogP contribution in [0.25, 0.3) is 11.0 Å². The van der Waals surface area contributed by atoms with Crippen molar-refractivity contribution in [1.82, 2.24) is 19.4 Å². The molecular weight excluding hydrogens is 382 g/mol. The highest BCUT2D eigenvalue weighted by Crippen LogP contribution is 2.32. The standard InChI is InChI=1S/C21H21N7O2/c22-10-7-19(29)26-12-8-16(9-13-26)27-18-6-2-1-5-17(18)25-21(27)28(23)20(30)15-4-3-11-24-14-15/h1-6,11,14,16H,7-9,12-13,23H2. The Morgan fingerprint density at radius 3 is 2.67 bits per heavy atom. The number of carbonyl (C=O) groups is 2. The first-order chi connectivity index (χ1) is 14.6. The number of likely N-dealkylation sites (tertiary alicyclic amines) is 1. The van der Waals surface area contributed by atoms with Gasteiger partial charge in [-0.3, -0.25) is 14.6 Å². The van der Waals surface area contributed by atoms with Crippen LogP contribution in [-0.2, 0) is 4.79 Å². The summed E-state index contributed by atoms with van der Waals surface area (Å²) in [5, 5.41) is 9.83. The number of nitrogens with two attached hydrogens (primary N) is 1. The van der Waals surface area contributed by atoms with Gasteiger partial charge >= 0.3 is 0 Å². The summed E-state index contributed by atoms with van der Waals surface area (Å²) < 4.78 is 1.98. The number of hydrogen-bond donors (Lipinski definition) is 1. The van der Waals surface area contributed by atoms with Gasteiger partial charge in [0.2, 0.25) is 11.9 Å². The molecule has 2 aromatic heterocycles. The highest BCUT2D eigenvalue weighted by atomic mass is 16.2. The molecule has 0 spiro atoms. The van der Waals surface area contributed by atoms with Gasteiger partial charge in [0.1, 0.15) is 6.42 Å². The Morgan fingerprint density at radius 2 is 1.97 bits per heavy atom. The zero-order valence-electron chi connectivity index (χ0n) is 16.3. The van der Waals surface area contributed by atoms with Gasteiger partial charge in [0.15, 0.2) is 0 Å². The summed E-state index contributed by atoms with van der Waals surface area (Å²) in [5.74, 6) is 6.03. The maximum atomic E-state index is 12.9. The van der Waals surface area contributed by atoms with E-state index in [0.717, 1.165) is 16.0 Å². The summed E-state index contributed by atoms with van der Waals surface area (Å²) in [6, 6.07) is 12.9. The average molecular weight is 403 g/mol. The molecule has 2 N–H and O–H groups in total. The SMILES string of the molecule is N#CCC(=O)N1CCC(n2c(N(N)C(=O)c3cccnc3)nc3ccccc32)CC1. The Hall–Kier alpha value is -3.77. The van der Waals surface area contributed by atoms with Crippen LogP contribution in [0.5, 0.6) is 0 Å². The molecule has 1 saturated heterocycles. The van der Waals surface area contributed by atoms with E-state index in [1.54, 1.807) is 23.2 Å². The second-order valence-electron chi connectivity index (χ2n) is 7.13. The topological polar surface area (TPSA) is 121 Å². The number of rotatable bonds is 4. The first kappa shape index (κ1) is 19.5. The van der Waals surface area contributed by atoms with Crippen LogP contribution in [-0.4, -0.2) is 44.3 Å². The predicted octanol–water partition coefficient (Wildman–Crippen LogP) is 2.03. The number of imidazole rings is 1. The second-order valence-corrected chi connectivity index (χ2v) is 7.13. The van der Waals surface area contributed by atoms with Crippen molar-refractivity contribution < 1.29 is 9.59 Å². The highest BCUT2D eigenvalue weighted by Gasteiger charge is 2.29. The molecule has 30 heavy (non-hydrogen) atoms. The van der Waals surface area contributed by atoms with Gasteiger partial charge in [-0.2, -0.15) is 5.26 Å². The zero-order chi connectivity index (χ0) is 21.1. The third kappa shape index (κ3) is 3.60. The molecule has 9 nitrogen and oxygen atoms in total. The summed E-state index contributed by atoms with van der Waals surface area (Å²) in [6.45, 7) is 1.08. The number of pyridine rings is 1. The first-order valence-electron chi connectivity index (χ1n) is 9.71. The van der Waals surface area contributed by atoms with Gasteiger partial charge in [-0.15, -0.1) is 0 Å². The van der Waals surface area contributed by atoms with Gasteiger partial charge in [0, 0.05) is 31.5 Å². The fourth-order valence-corrected chi connectivity index (χ4v) is 3.83. The summed E-state index contributed by atoms with van der Waals surface area (Å²) in [7, 11) is 0. The van der Waals surface area contributed by atoms with Gasteiger partial charge in [0.05, 0.1) is 22.7 Å². The quantitative estimate of drug-likeness (QED) is 0.404. The van der Waals surface area contributed by atoms with Gasteiger partial charge in [-0.1, -0.05) is 12.1 Å². The van der Waals surface area contributed by atoms with E-state index in [1.165, 1.54) is 6.20 Å². The molecule has 1 aliphatic heterocycles. The van der Waals surface area contributed by atoms with Crippen molar-refractivity contribution in [3.8, 4) is 6.07 Å². The van der Waals surface area contributed by atoms with Crippen LogP contribution in [0.15, 0.2) is 48.8 Å². The summed E-state index contributed by atoms with van der Waals surface area (Å²) in [4.78, 5) is 35.2. The first-order valence-corrected chi connectivity index (χ1v) is 9.71. The molecular formula is C21H21N7O2. The number of piperidine rings is 1. The van der Waals surface area contributed by atoms with Crippen molar-refractivity contribution in [2.24, 2.45) is 5.84 Å². The molecule has 0 unspecified atom stereocenters. The molecule has 9 heteroatoms. The van der Waals surface area contributed by atoms with E-state index >= 15 is 0 Å². The Bertz CT molecular complexity index is 1110. The molecule has 0 aliphatic carbocycles. The van der Waals surface area contributed by atoms with E-state index in [-0.39, 0.29) is 18.4 Å². The van der Waals surface area contributed by atoms with Gasteiger partial charge in [-0.25, -0.2) is 15.8 Å². The number of amides is 2. The summed E-state index contributed by atoms with van der Waals surface area (Å²) in [6.07, 6.45) is 4.31. The second kappa shape index (κ2) is 8.31. The molecule has 1 aliphatic rings. The molecule has 0 saturated carbocycles. The molecule has 152 valence electrons. The number of benzene rings is 1. The fraction of sp³-hybridized carbons (Fsp3) is 0.286. The third-order valence-electron chi connectivity index (χ3n) is 5.33. The lowest BCUT2D eigenvalue weighted by Gasteiger charge is -2.33. The number of anilines is 1. The Balaban J connectivity index is 1.66. The van der Waals surface area contributed by atoms with E-state index in [9.17, 15) is 9.59 Å². The molecule has 3 aromatic rings. The van der Waals surface area contributed by atoms with Crippen LogP contribution < -0.4 is 10.9 Å². The minimum absolute atomic E-state index is 0.0197. The number of aromatic nitrogens is 3. The smallest absolute Gasteiger partial charge is 0.276 e. The number of nitrogens with zero attached hydrogens (tertiary/aromatic N) is 6. The average Bonchev–Trinajstić information content (AvgIpc) is 3.18. The molecule has 0 bridgehead atoms. The molecule has 1 aromatic carbocycles. The van der Waals surface area contributed by atoms with E-state index in [4.69, 9.17) is 11.1 Å². The lowest BCUT2D eigenvalue weighted by atomic mass is 10.0. The molecule has 4 rings (SSSR count). The number of carbonyl (C=O) groups excluding carboxylic acids is 2. The molecule has 1 fully saturated rings. The van der Waals surface area contributed by atoms with Crippen molar-refractivity contribution >= 4 is 28.8 Å². The number of hydrazine groups is 1. The van der Waals surface area contributed by atoms with E-state index in [1.807, 2.05) is 34.9 Å². The van der Waals surface area contributed by atoms with E-state index in [0.29, 0.717) is 37.4 Å². The lowest BCUT2D eigenvalue weighted by Crippen LogP contribution is -2.42. The minimum atomic E-state index is -0.402. The molecule has 3 heterocycles. The Morgan fingerprint density at radius 1 is 1.20 bits per heavy atom. The number of fused-ring (bicyclic) bond motifs is 1. The normalized spacial score (nSPS) is 14.5. The molecule has 0 atom stereocenters. The highest BCUT2D eigenvalue weighted by molar-refractivity contribution is 6.04. The largest absolute Gasteiger partial charge is 0.342 e. The van der Waals surface area contributed by atoms with Crippen molar-refractivity contribution in [2.45, 2.75) is 25.3 Å². The van der Waals surface area contributed by atoms with Crippen LogP contribution in [0.3, 0.4) is 0 Å². The van der Waals surface area contributed by atoms with Crippen LogP contribution >= 0.6 is 0 Å². The van der Waals surface area contributed by atoms with E-state index < -0.39 is 5.91 Å². The van der Waals surface area contributed by atoms with Gasteiger partial charge < -0.3 is 9.47 Å². The monoisotopic (exact) mass is 403 g/mol. The molecule has 2 amide bonds. The van der Waals surface area contributed by atoms with Crippen molar-refractivity contribution in [2.75, 3.05) is 18.1 Å². The minimum Gasteiger partial charge on any atom is -0.342 e. The number of para-hydroxylation sites is 2. The lowest BCUT2D eigenvalue weighted by molar-refractivity contribution is -0.131. The fourth-order valence-electron chi connectivity index (χ4n) is 3.83. The van der Waals surface area contributed by atoms with Crippen LogP contribution in [0.1, 0.15) is 35.7 Å². The van der Waals surface area contributed by atoms with Crippen LogP contribution in [0.2, 0.25) is 0 Å². The number of hydrogen-bond acceptors (Lipinski definition) is 6. The number of nitriles is 1. The van der Waals surface area contributed by atoms with Crippen molar-refractivity contribution in [1.29, 1.82) is 5.26 Å². The maximum Gasteiger partial charge on any atom is 0.276 e. The van der Waals surface area contributed by atoms with Crippen LogP contribution in [0.4, 0.5) is 5.95 Å². The maximum absolute atomic E-state index is 12.9.